The molecular weight excluding hydrogens is 297 g/mol. The highest BCUT2D eigenvalue weighted by molar-refractivity contribution is 5.73. The molecule has 120 valence electrons. The lowest BCUT2D eigenvalue weighted by Gasteiger charge is -2.31. The Morgan fingerprint density at radius 3 is 2.65 bits per heavy atom. The maximum atomic E-state index is 13.0. The van der Waals surface area contributed by atoms with Crippen molar-refractivity contribution in [3.05, 3.63) is 42.2 Å². The molecule has 1 saturated heterocycles. The molecule has 0 amide bonds. The van der Waals surface area contributed by atoms with Gasteiger partial charge in [-0.15, -0.1) is 10.2 Å². The van der Waals surface area contributed by atoms with Gasteiger partial charge in [-0.3, -0.25) is 4.79 Å². The lowest BCUT2D eigenvalue weighted by molar-refractivity contribution is -0.145. The predicted octanol–water partition coefficient (Wildman–Crippen LogP) is 2.67. The summed E-state index contributed by atoms with van der Waals surface area (Å²) in [6.45, 7) is 1.44. The molecule has 23 heavy (non-hydrogen) atoms. The number of methoxy groups -OCH3 is 1. The summed E-state index contributed by atoms with van der Waals surface area (Å²) in [5, 5.41) is 8.46. The Bertz CT molecular complexity index is 673. The molecule has 1 fully saturated rings. The number of esters is 1. The van der Waals surface area contributed by atoms with E-state index in [0.717, 1.165) is 30.8 Å². The van der Waals surface area contributed by atoms with Crippen LogP contribution in [0.15, 0.2) is 36.4 Å². The van der Waals surface area contributed by atoms with Gasteiger partial charge in [-0.1, -0.05) is 0 Å². The van der Waals surface area contributed by atoms with Crippen molar-refractivity contribution in [2.24, 2.45) is 5.92 Å². The number of aromatic nitrogens is 2. The van der Waals surface area contributed by atoms with Crippen LogP contribution < -0.4 is 4.90 Å². The zero-order valence-electron chi connectivity index (χ0n) is 12.9. The quantitative estimate of drug-likeness (QED) is 0.815. The molecule has 0 bridgehead atoms. The van der Waals surface area contributed by atoms with E-state index >= 15 is 0 Å². The Labute approximate surface area is 134 Å². The lowest BCUT2D eigenvalue weighted by atomic mass is 9.98. The van der Waals surface area contributed by atoms with Crippen LogP contribution in [-0.4, -0.2) is 36.4 Å². The van der Waals surface area contributed by atoms with Crippen LogP contribution in [0.1, 0.15) is 12.8 Å². The van der Waals surface area contributed by atoms with Gasteiger partial charge in [0.25, 0.3) is 0 Å². The fourth-order valence-electron chi connectivity index (χ4n) is 2.81. The van der Waals surface area contributed by atoms with E-state index in [2.05, 4.69) is 10.2 Å². The summed E-state index contributed by atoms with van der Waals surface area (Å²) >= 11 is 0. The van der Waals surface area contributed by atoms with Crippen LogP contribution >= 0.6 is 0 Å². The molecule has 0 aliphatic carbocycles. The molecule has 0 spiro atoms. The second-order valence-electron chi connectivity index (χ2n) is 5.59. The summed E-state index contributed by atoms with van der Waals surface area (Å²) in [6.07, 6.45) is 1.76. The van der Waals surface area contributed by atoms with Crippen LogP contribution in [0.3, 0.4) is 0 Å². The van der Waals surface area contributed by atoms with Gasteiger partial charge in [-0.25, -0.2) is 4.39 Å². The standard InChI is InChI=1S/C17H18FN3O2/c1-23-17(22)13-3-2-10-21(11-13)16-9-8-15(19-20-16)12-4-6-14(18)7-5-12/h4-9,13H,2-3,10-11H2,1H3. The minimum atomic E-state index is -0.277. The summed E-state index contributed by atoms with van der Waals surface area (Å²) < 4.78 is 17.8. The lowest BCUT2D eigenvalue weighted by Crippen LogP contribution is -2.39. The first-order chi connectivity index (χ1) is 11.2. The predicted molar refractivity (Wildman–Crippen MR) is 84.4 cm³/mol. The van der Waals surface area contributed by atoms with E-state index in [0.29, 0.717) is 12.2 Å². The first-order valence-electron chi connectivity index (χ1n) is 7.60. The van der Waals surface area contributed by atoms with Gasteiger partial charge in [-0.05, 0) is 49.2 Å². The molecule has 6 heteroatoms. The third kappa shape index (κ3) is 3.47. The molecule has 1 atom stereocenters. The molecule has 1 aromatic carbocycles. The van der Waals surface area contributed by atoms with Crippen molar-refractivity contribution < 1.29 is 13.9 Å². The van der Waals surface area contributed by atoms with Gasteiger partial charge >= 0.3 is 5.97 Å². The number of benzene rings is 1. The fourth-order valence-corrected chi connectivity index (χ4v) is 2.81. The summed E-state index contributed by atoms with van der Waals surface area (Å²) in [7, 11) is 1.42. The normalized spacial score (nSPS) is 17.8. The maximum absolute atomic E-state index is 13.0. The Morgan fingerprint density at radius 2 is 2.00 bits per heavy atom. The third-order valence-electron chi connectivity index (χ3n) is 4.07. The maximum Gasteiger partial charge on any atom is 0.310 e. The number of hydrogen-bond donors (Lipinski definition) is 0. The third-order valence-corrected chi connectivity index (χ3v) is 4.07. The minimum absolute atomic E-state index is 0.118. The van der Waals surface area contributed by atoms with Crippen LogP contribution in [0.25, 0.3) is 11.3 Å². The molecule has 0 saturated carbocycles. The zero-order valence-corrected chi connectivity index (χ0v) is 12.9. The molecule has 3 rings (SSSR count). The molecule has 2 aromatic rings. The smallest absolute Gasteiger partial charge is 0.310 e. The number of rotatable bonds is 3. The summed E-state index contributed by atoms with van der Waals surface area (Å²) in [5.41, 5.74) is 1.51. The van der Waals surface area contributed by atoms with Crippen molar-refractivity contribution in [2.75, 3.05) is 25.1 Å². The van der Waals surface area contributed by atoms with Gasteiger partial charge in [0.15, 0.2) is 5.82 Å². The zero-order chi connectivity index (χ0) is 16.2. The topological polar surface area (TPSA) is 55.3 Å². The molecule has 5 nitrogen and oxygen atoms in total. The number of halogens is 1. The van der Waals surface area contributed by atoms with Gasteiger partial charge < -0.3 is 9.64 Å². The second kappa shape index (κ2) is 6.73. The van der Waals surface area contributed by atoms with E-state index < -0.39 is 0 Å². The number of carbonyl (C=O) groups is 1. The highest BCUT2D eigenvalue weighted by Crippen LogP contribution is 2.24. The Hall–Kier alpha value is -2.50. The SMILES string of the molecule is COC(=O)C1CCCN(c2ccc(-c3ccc(F)cc3)nn2)C1. The largest absolute Gasteiger partial charge is 0.469 e. The molecular formula is C17H18FN3O2. The number of hydrogen-bond acceptors (Lipinski definition) is 5. The van der Waals surface area contributed by atoms with Crippen LogP contribution in [0.4, 0.5) is 10.2 Å². The van der Waals surface area contributed by atoms with Crippen LogP contribution in [0.5, 0.6) is 0 Å². The first-order valence-corrected chi connectivity index (χ1v) is 7.60. The molecule has 2 heterocycles. The van der Waals surface area contributed by atoms with Crippen LogP contribution in [0, 0.1) is 11.7 Å². The van der Waals surface area contributed by atoms with Gasteiger partial charge in [0.2, 0.25) is 0 Å². The number of carbonyl (C=O) groups excluding carboxylic acids is 1. The number of anilines is 1. The number of piperidine rings is 1. The van der Waals surface area contributed by atoms with E-state index in [-0.39, 0.29) is 17.7 Å². The minimum Gasteiger partial charge on any atom is -0.469 e. The average Bonchev–Trinajstić information content (AvgIpc) is 2.62. The van der Waals surface area contributed by atoms with Crippen molar-refractivity contribution in [1.82, 2.24) is 10.2 Å². The van der Waals surface area contributed by atoms with Gasteiger partial charge in [0.1, 0.15) is 5.82 Å². The number of nitrogens with zero attached hydrogens (tertiary/aromatic N) is 3. The summed E-state index contributed by atoms with van der Waals surface area (Å²) in [4.78, 5) is 13.7. The van der Waals surface area contributed by atoms with Gasteiger partial charge in [-0.2, -0.15) is 0 Å². The molecule has 0 N–H and O–H groups in total. The second-order valence-corrected chi connectivity index (χ2v) is 5.59. The average molecular weight is 315 g/mol. The van der Waals surface area contributed by atoms with Crippen molar-refractivity contribution in [2.45, 2.75) is 12.8 Å². The van der Waals surface area contributed by atoms with Crippen molar-refractivity contribution in [3.8, 4) is 11.3 Å². The Morgan fingerprint density at radius 1 is 1.22 bits per heavy atom. The summed E-state index contributed by atoms with van der Waals surface area (Å²) in [6, 6.07) is 9.89. The monoisotopic (exact) mass is 315 g/mol. The van der Waals surface area contributed by atoms with Gasteiger partial charge in [0, 0.05) is 18.7 Å². The van der Waals surface area contributed by atoms with E-state index in [1.807, 2.05) is 17.0 Å². The van der Waals surface area contributed by atoms with E-state index in [1.165, 1.54) is 19.2 Å². The molecule has 1 aliphatic heterocycles. The molecule has 1 aromatic heterocycles. The van der Waals surface area contributed by atoms with Crippen molar-refractivity contribution in [1.29, 1.82) is 0 Å². The summed E-state index contributed by atoms with van der Waals surface area (Å²) in [5.74, 6) is 0.169. The molecule has 1 unspecified atom stereocenters. The van der Waals surface area contributed by atoms with Crippen molar-refractivity contribution in [3.63, 3.8) is 0 Å². The molecule has 0 radical (unpaired) electrons. The van der Waals surface area contributed by atoms with Crippen molar-refractivity contribution >= 4 is 11.8 Å². The van der Waals surface area contributed by atoms with Crippen LogP contribution in [0.2, 0.25) is 0 Å². The van der Waals surface area contributed by atoms with Gasteiger partial charge in [0.05, 0.1) is 18.7 Å². The Kier molecular flexibility index (Phi) is 4.50. The number of ether oxygens (including phenoxy) is 1. The Balaban J connectivity index is 1.74. The fraction of sp³-hybridized carbons (Fsp3) is 0.353. The molecule has 1 aliphatic rings. The first kappa shape index (κ1) is 15.4. The highest BCUT2D eigenvalue weighted by atomic mass is 19.1. The highest BCUT2D eigenvalue weighted by Gasteiger charge is 2.27. The van der Waals surface area contributed by atoms with Crippen LogP contribution in [-0.2, 0) is 9.53 Å². The van der Waals surface area contributed by atoms with E-state index in [1.54, 1.807) is 12.1 Å². The van der Waals surface area contributed by atoms with E-state index in [9.17, 15) is 9.18 Å². The van der Waals surface area contributed by atoms with E-state index in [4.69, 9.17) is 4.74 Å².